The Morgan fingerprint density at radius 3 is 1.79 bits per heavy atom. The van der Waals surface area contributed by atoms with E-state index in [2.05, 4.69) is 0 Å². The third kappa shape index (κ3) is 4.78. The lowest BCUT2D eigenvalue weighted by molar-refractivity contribution is -0.182. The number of amides is 2. The maximum absolute atomic E-state index is 10.5. The highest BCUT2D eigenvalue weighted by Gasteiger charge is 2.23. The molecule has 104 valence electrons. The third-order valence-electron chi connectivity index (χ3n) is 2.29. The molecule has 1 aromatic carbocycles. The van der Waals surface area contributed by atoms with Crippen LogP contribution in [-0.4, -0.2) is 35.1 Å². The van der Waals surface area contributed by atoms with Gasteiger partial charge in [0.25, 0.3) is 21.9 Å². The van der Waals surface area contributed by atoms with Crippen molar-refractivity contribution < 1.29 is 27.8 Å². The zero-order valence-electron chi connectivity index (χ0n) is 9.89. The van der Waals surface area contributed by atoms with Gasteiger partial charge >= 0.3 is 0 Å². The quantitative estimate of drug-likeness (QED) is 0.450. The lowest BCUT2D eigenvalue weighted by Crippen LogP contribution is -2.36. The van der Waals surface area contributed by atoms with E-state index in [-0.39, 0.29) is 22.8 Å². The van der Waals surface area contributed by atoms with Gasteiger partial charge in [-0.15, -0.1) is 0 Å². The fraction of sp³-hybridized carbons (Fsp3) is 0.273. The molecule has 0 aromatic heterocycles. The van der Waals surface area contributed by atoms with Gasteiger partial charge in [-0.05, 0) is 18.6 Å². The van der Waals surface area contributed by atoms with Crippen molar-refractivity contribution in [3.8, 4) is 0 Å². The largest absolute Gasteiger partial charge is 0.294 e. The molecular formula is C11H13NO6S. The van der Waals surface area contributed by atoms with Crippen molar-refractivity contribution in [1.82, 2.24) is 5.06 Å². The first-order valence-corrected chi connectivity index (χ1v) is 6.83. The Morgan fingerprint density at radius 1 is 1.00 bits per heavy atom. The van der Waals surface area contributed by atoms with Crippen LogP contribution in [0.25, 0.3) is 0 Å². The van der Waals surface area contributed by atoms with E-state index in [4.69, 9.17) is 9.76 Å². The van der Waals surface area contributed by atoms with Crippen molar-refractivity contribution in [1.29, 1.82) is 0 Å². The summed E-state index contributed by atoms with van der Waals surface area (Å²) in [4.78, 5) is 20.8. The summed E-state index contributed by atoms with van der Waals surface area (Å²) < 4.78 is 29.2. The normalized spacial score (nSPS) is 15.8. The molecule has 1 heterocycles. The number of rotatable bonds is 1. The molecule has 1 fully saturated rings. The van der Waals surface area contributed by atoms with Crippen molar-refractivity contribution in [2.75, 3.05) is 0 Å². The summed E-state index contributed by atoms with van der Waals surface area (Å²) in [6.45, 7) is 0. The Balaban J connectivity index is 0.000000191. The smallest absolute Gasteiger partial charge is 0.282 e. The third-order valence-corrected chi connectivity index (χ3v) is 3.16. The number of imide groups is 1. The highest BCUT2D eigenvalue weighted by molar-refractivity contribution is 7.85. The molecule has 0 spiro atoms. The second kappa shape index (κ2) is 6.41. The van der Waals surface area contributed by atoms with Crippen LogP contribution in [0.4, 0.5) is 0 Å². The maximum Gasteiger partial charge on any atom is 0.294 e. The van der Waals surface area contributed by atoms with Gasteiger partial charge in [-0.1, -0.05) is 18.2 Å². The second-order valence-electron chi connectivity index (χ2n) is 3.74. The molecule has 7 nitrogen and oxygen atoms in total. The van der Waals surface area contributed by atoms with Crippen LogP contribution < -0.4 is 0 Å². The van der Waals surface area contributed by atoms with E-state index in [0.717, 1.165) is 0 Å². The number of nitrogens with zero attached hydrogens (tertiary/aromatic N) is 1. The van der Waals surface area contributed by atoms with Crippen molar-refractivity contribution >= 4 is 21.9 Å². The van der Waals surface area contributed by atoms with Crippen molar-refractivity contribution in [3.05, 3.63) is 30.3 Å². The number of hydrogen-bond donors (Lipinski definition) is 2. The number of hydrogen-bond acceptors (Lipinski definition) is 5. The second-order valence-corrected chi connectivity index (χ2v) is 5.16. The first-order chi connectivity index (χ1) is 8.82. The van der Waals surface area contributed by atoms with Gasteiger partial charge in [0, 0.05) is 12.8 Å². The topological polar surface area (TPSA) is 112 Å². The molecule has 0 bridgehead atoms. The summed E-state index contributed by atoms with van der Waals surface area (Å²) in [5.74, 6) is -0.988. The molecule has 0 aliphatic carbocycles. The summed E-state index contributed by atoms with van der Waals surface area (Å²) in [6, 6.07) is 7.42. The molecule has 0 unspecified atom stereocenters. The number of piperidine rings is 1. The lowest BCUT2D eigenvalue weighted by atomic mass is 10.1. The summed E-state index contributed by atoms with van der Waals surface area (Å²) in [5, 5.41) is 8.78. The van der Waals surface area contributed by atoms with E-state index in [1.54, 1.807) is 18.2 Å². The van der Waals surface area contributed by atoms with Gasteiger partial charge in [0.2, 0.25) is 0 Å². The van der Waals surface area contributed by atoms with Gasteiger partial charge in [-0.25, -0.2) is 0 Å². The zero-order valence-corrected chi connectivity index (χ0v) is 10.7. The Labute approximate surface area is 110 Å². The van der Waals surface area contributed by atoms with Gasteiger partial charge in [0.1, 0.15) is 0 Å². The molecule has 8 heteroatoms. The Morgan fingerprint density at radius 2 is 1.47 bits per heavy atom. The molecule has 1 aliphatic heterocycles. The molecule has 1 aromatic rings. The predicted octanol–water partition coefficient (Wildman–Crippen LogP) is 0.848. The molecule has 0 atom stereocenters. The van der Waals surface area contributed by atoms with Gasteiger partial charge in [-0.3, -0.25) is 19.3 Å². The molecule has 1 aliphatic rings. The van der Waals surface area contributed by atoms with Gasteiger partial charge in [0.05, 0.1) is 4.90 Å². The lowest BCUT2D eigenvalue weighted by Gasteiger charge is -2.16. The zero-order chi connectivity index (χ0) is 14.5. The van der Waals surface area contributed by atoms with Gasteiger partial charge < -0.3 is 0 Å². The predicted molar refractivity (Wildman–Crippen MR) is 63.7 cm³/mol. The first kappa shape index (κ1) is 15.3. The van der Waals surface area contributed by atoms with Crippen LogP contribution in [0.2, 0.25) is 0 Å². The molecule has 0 radical (unpaired) electrons. The van der Waals surface area contributed by atoms with Crippen LogP contribution in [0.3, 0.4) is 0 Å². The number of carbonyl (C=O) groups is 2. The van der Waals surface area contributed by atoms with Crippen LogP contribution in [0.5, 0.6) is 0 Å². The number of carbonyl (C=O) groups excluding carboxylic acids is 2. The molecule has 2 N–H and O–H groups in total. The average molecular weight is 287 g/mol. The molecular weight excluding hydrogens is 274 g/mol. The molecule has 0 saturated carbocycles. The van der Waals surface area contributed by atoms with Gasteiger partial charge in [0.15, 0.2) is 0 Å². The van der Waals surface area contributed by atoms with E-state index in [1.165, 1.54) is 12.1 Å². The van der Waals surface area contributed by atoms with Crippen molar-refractivity contribution in [3.63, 3.8) is 0 Å². The van der Waals surface area contributed by atoms with Crippen molar-refractivity contribution in [2.24, 2.45) is 0 Å². The fourth-order valence-electron chi connectivity index (χ4n) is 1.33. The summed E-state index contributed by atoms with van der Waals surface area (Å²) in [6.07, 6.45) is 1.12. The highest BCUT2D eigenvalue weighted by atomic mass is 32.2. The highest BCUT2D eigenvalue weighted by Crippen LogP contribution is 2.08. The molecule has 2 rings (SSSR count). The van der Waals surface area contributed by atoms with E-state index in [9.17, 15) is 18.0 Å². The van der Waals surface area contributed by atoms with E-state index in [1.807, 2.05) is 0 Å². The van der Waals surface area contributed by atoms with Crippen LogP contribution in [0.15, 0.2) is 35.2 Å². The standard InChI is InChI=1S/C6H6O3S.C5H7NO3/c7-10(8,9)6-4-2-1-3-5-6;7-4-2-1-3-5(8)6(4)9/h1-5H,(H,7,8,9);9H,1-3H2. The minimum absolute atomic E-state index is 0.0741. The minimum Gasteiger partial charge on any atom is -0.282 e. The SMILES string of the molecule is O=C1CCCC(=O)N1O.O=S(=O)(O)c1ccccc1. The summed E-state index contributed by atoms with van der Waals surface area (Å²) >= 11 is 0. The summed E-state index contributed by atoms with van der Waals surface area (Å²) in [7, 11) is -4.00. The van der Waals surface area contributed by atoms with Crippen LogP contribution in [0.1, 0.15) is 19.3 Å². The molecule has 19 heavy (non-hydrogen) atoms. The Hall–Kier alpha value is -1.77. The fourth-order valence-corrected chi connectivity index (χ4v) is 1.84. The number of benzene rings is 1. The number of hydroxylamine groups is 2. The Kier molecular flexibility index (Phi) is 5.16. The van der Waals surface area contributed by atoms with E-state index in [0.29, 0.717) is 6.42 Å². The Bertz CT molecular complexity index is 538. The van der Waals surface area contributed by atoms with Crippen LogP contribution >= 0.6 is 0 Å². The molecule has 1 saturated heterocycles. The van der Waals surface area contributed by atoms with E-state index >= 15 is 0 Å². The van der Waals surface area contributed by atoms with Crippen LogP contribution in [0, 0.1) is 0 Å². The monoisotopic (exact) mass is 287 g/mol. The van der Waals surface area contributed by atoms with E-state index < -0.39 is 21.9 Å². The average Bonchev–Trinajstić information content (AvgIpc) is 2.37. The summed E-state index contributed by atoms with van der Waals surface area (Å²) in [5.41, 5.74) is 0. The van der Waals surface area contributed by atoms with Gasteiger partial charge in [-0.2, -0.15) is 13.5 Å². The molecule has 2 amide bonds. The minimum atomic E-state index is -4.00. The van der Waals surface area contributed by atoms with Crippen molar-refractivity contribution in [2.45, 2.75) is 24.2 Å². The van der Waals surface area contributed by atoms with Crippen LogP contribution in [-0.2, 0) is 19.7 Å². The first-order valence-electron chi connectivity index (χ1n) is 5.39. The maximum atomic E-state index is 10.5.